The number of ether oxygens (including phenoxy) is 2. The molecule has 0 unspecified atom stereocenters. The van der Waals surface area contributed by atoms with Crippen LogP contribution < -0.4 is 0 Å². The highest BCUT2D eigenvalue weighted by Gasteiger charge is 2.32. The predicted octanol–water partition coefficient (Wildman–Crippen LogP) is 5.54. The molecule has 0 N–H and O–H groups in total. The van der Waals surface area contributed by atoms with Crippen LogP contribution in [0.1, 0.15) is 37.2 Å². The van der Waals surface area contributed by atoms with E-state index in [0.717, 1.165) is 41.7 Å². The molecule has 23 heavy (non-hydrogen) atoms. The molecule has 0 spiro atoms. The van der Waals surface area contributed by atoms with Gasteiger partial charge in [0.2, 0.25) is 0 Å². The highest BCUT2D eigenvalue weighted by molar-refractivity contribution is 5.64. The van der Waals surface area contributed by atoms with Crippen molar-refractivity contribution < 1.29 is 22.6 Å². The van der Waals surface area contributed by atoms with E-state index >= 15 is 0 Å². The normalized spacial score (nSPS) is 21.0. The molecule has 0 atom stereocenters. The van der Waals surface area contributed by atoms with Crippen molar-refractivity contribution in [3.63, 3.8) is 0 Å². The fourth-order valence-corrected chi connectivity index (χ4v) is 2.53. The van der Waals surface area contributed by atoms with Crippen LogP contribution in [0.15, 0.2) is 48.5 Å². The Labute approximate surface area is 132 Å². The molecule has 3 rings (SSSR count). The average Bonchev–Trinajstić information content (AvgIpc) is 2.50. The zero-order chi connectivity index (χ0) is 16.4. The van der Waals surface area contributed by atoms with E-state index in [4.69, 9.17) is 9.47 Å². The maximum atomic E-state index is 12.6. The average molecular weight is 322 g/mol. The van der Waals surface area contributed by atoms with E-state index in [0.29, 0.717) is 0 Å². The van der Waals surface area contributed by atoms with Crippen LogP contribution in [-0.2, 0) is 15.7 Å². The maximum Gasteiger partial charge on any atom is 0.416 e. The summed E-state index contributed by atoms with van der Waals surface area (Å²) in [4.78, 5) is 0. The first-order chi connectivity index (χ1) is 11.0. The number of halogens is 3. The second-order valence-electron chi connectivity index (χ2n) is 5.52. The third-order valence-electron chi connectivity index (χ3n) is 3.78. The summed E-state index contributed by atoms with van der Waals surface area (Å²) in [6, 6.07) is 12.6. The zero-order valence-electron chi connectivity index (χ0n) is 12.6. The van der Waals surface area contributed by atoms with Crippen LogP contribution in [0.5, 0.6) is 0 Å². The van der Waals surface area contributed by atoms with Gasteiger partial charge in [-0.15, -0.1) is 0 Å². The zero-order valence-corrected chi connectivity index (χ0v) is 12.6. The Morgan fingerprint density at radius 1 is 0.957 bits per heavy atom. The van der Waals surface area contributed by atoms with Crippen molar-refractivity contribution in [3.8, 4) is 11.1 Å². The first kappa shape index (κ1) is 16.0. The van der Waals surface area contributed by atoms with E-state index < -0.39 is 11.7 Å². The molecule has 0 aromatic heterocycles. The molecule has 1 heterocycles. The van der Waals surface area contributed by atoms with E-state index in [-0.39, 0.29) is 12.6 Å². The lowest BCUT2D eigenvalue weighted by Gasteiger charge is -2.36. The number of rotatable bonds is 4. The third kappa shape index (κ3) is 3.57. The van der Waals surface area contributed by atoms with Crippen molar-refractivity contribution in [2.24, 2.45) is 0 Å². The Balaban J connectivity index is 1.75. The Kier molecular flexibility index (Phi) is 4.41. The van der Waals surface area contributed by atoms with Gasteiger partial charge in [-0.25, -0.2) is 0 Å². The number of hydrogen-bond acceptors (Lipinski definition) is 2. The van der Waals surface area contributed by atoms with Crippen LogP contribution in [0.4, 0.5) is 13.2 Å². The molecule has 1 aliphatic heterocycles. The largest absolute Gasteiger partial charge is 0.416 e. The summed E-state index contributed by atoms with van der Waals surface area (Å²) in [5.41, 5.74) is 1.78. The lowest BCUT2D eigenvalue weighted by atomic mass is 10.0. The highest BCUT2D eigenvalue weighted by atomic mass is 19.4. The molecule has 1 aliphatic rings. The van der Waals surface area contributed by atoms with E-state index in [9.17, 15) is 13.2 Å². The lowest BCUT2D eigenvalue weighted by Crippen LogP contribution is -2.34. The van der Waals surface area contributed by atoms with Crippen LogP contribution in [-0.4, -0.2) is 6.29 Å². The first-order valence-electron chi connectivity index (χ1n) is 7.56. The van der Waals surface area contributed by atoms with Crippen molar-refractivity contribution in [3.05, 3.63) is 59.7 Å². The molecule has 2 aromatic carbocycles. The minimum absolute atomic E-state index is 0.153. The molecule has 2 nitrogen and oxygen atoms in total. The van der Waals surface area contributed by atoms with Gasteiger partial charge in [-0.1, -0.05) is 43.7 Å². The Morgan fingerprint density at radius 3 is 2.26 bits per heavy atom. The summed E-state index contributed by atoms with van der Waals surface area (Å²) in [6.45, 7) is 2.06. The second kappa shape index (κ2) is 6.34. The van der Waals surface area contributed by atoms with Crippen molar-refractivity contribution >= 4 is 0 Å². The van der Waals surface area contributed by atoms with Gasteiger partial charge in [0.25, 0.3) is 0 Å². The van der Waals surface area contributed by atoms with Crippen LogP contribution in [0, 0.1) is 0 Å². The molecule has 0 saturated carbocycles. The SMILES string of the molecule is CCCC1OC(c2cccc(-c3ccc(C(F)(F)F)cc3)c2)O1. The molecular weight excluding hydrogens is 305 g/mol. The Bertz CT molecular complexity index is 659. The third-order valence-corrected chi connectivity index (χ3v) is 3.78. The van der Waals surface area contributed by atoms with E-state index in [1.807, 2.05) is 24.3 Å². The van der Waals surface area contributed by atoms with Gasteiger partial charge in [0.05, 0.1) is 5.56 Å². The molecule has 0 amide bonds. The van der Waals surface area contributed by atoms with Crippen molar-refractivity contribution in [1.82, 2.24) is 0 Å². The van der Waals surface area contributed by atoms with Gasteiger partial charge in [-0.05, 0) is 35.7 Å². The summed E-state index contributed by atoms with van der Waals surface area (Å²) in [5, 5.41) is 0. The van der Waals surface area contributed by atoms with Crippen molar-refractivity contribution in [1.29, 1.82) is 0 Å². The van der Waals surface area contributed by atoms with E-state index in [1.54, 1.807) is 0 Å². The summed E-state index contributed by atoms with van der Waals surface area (Å²) < 4.78 is 49.1. The molecule has 5 heteroatoms. The molecule has 0 bridgehead atoms. The van der Waals surface area contributed by atoms with Crippen molar-refractivity contribution in [2.75, 3.05) is 0 Å². The van der Waals surface area contributed by atoms with Gasteiger partial charge >= 0.3 is 6.18 Å². The molecule has 2 aromatic rings. The number of hydrogen-bond donors (Lipinski definition) is 0. The van der Waals surface area contributed by atoms with Gasteiger partial charge in [-0.3, -0.25) is 0 Å². The summed E-state index contributed by atoms with van der Waals surface area (Å²) in [6.07, 6.45) is -3.01. The monoisotopic (exact) mass is 322 g/mol. The summed E-state index contributed by atoms with van der Waals surface area (Å²) in [7, 11) is 0. The van der Waals surface area contributed by atoms with E-state index in [1.165, 1.54) is 12.1 Å². The molecule has 0 aliphatic carbocycles. The maximum absolute atomic E-state index is 12.6. The second-order valence-corrected chi connectivity index (χ2v) is 5.52. The van der Waals surface area contributed by atoms with Gasteiger partial charge in [0.1, 0.15) is 0 Å². The molecule has 1 saturated heterocycles. The minimum Gasteiger partial charge on any atom is -0.319 e. The number of alkyl halides is 3. The Morgan fingerprint density at radius 2 is 1.65 bits per heavy atom. The molecule has 122 valence electrons. The minimum atomic E-state index is -4.32. The standard InChI is InChI=1S/C18H17F3O2/c1-2-4-16-22-17(23-16)14-6-3-5-13(11-14)12-7-9-15(10-8-12)18(19,20)21/h3,5-11,16-17H,2,4H2,1H3. The fourth-order valence-electron chi connectivity index (χ4n) is 2.53. The topological polar surface area (TPSA) is 18.5 Å². The Hall–Kier alpha value is -1.85. The van der Waals surface area contributed by atoms with Crippen LogP contribution in [0.3, 0.4) is 0 Å². The quantitative estimate of drug-likeness (QED) is 0.735. The van der Waals surface area contributed by atoms with Crippen LogP contribution >= 0.6 is 0 Å². The van der Waals surface area contributed by atoms with Crippen LogP contribution in [0.25, 0.3) is 11.1 Å². The summed E-state index contributed by atoms with van der Waals surface area (Å²) in [5.74, 6) is 0. The van der Waals surface area contributed by atoms with Crippen LogP contribution in [0.2, 0.25) is 0 Å². The lowest BCUT2D eigenvalue weighted by molar-refractivity contribution is -0.391. The molecule has 1 fully saturated rings. The highest BCUT2D eigenvalue weighted by Crippen LogP contribution is 2.36. The summed E-state index contributed by atoms with van der Waals surface area (Å²) >= 11 is 0. The van der Waals surface area contributed by atoms with Crippen molar-refractivity contribution in [2.45, 2.75) is 38.5 Å². The van der Waals surface area contributed by atoms with Gasteiger partial charge in [-0.2, -0.15) is 13.2 Å². The number of benzene rings is 2. The predicted molar refractivity (Wildman–Crippen MR) is 80.5 cm³/mol. The fraction of sp³-hybridized carbons (Fsp3) is 0.333. The smallest absolute Gasteiger partial charge is 0.319 e. The van der Waals surface area contributed by atoms with E-state index in [2.05, 4.69) is 6.92 Å². The molecular formula is C18H17F3O2. The van der Waals surface area contributed by atoms with Gasteiger partial charge < -0.3 is 9.47 Å². The first-order valence-corrected chi connectivity index (χ1v) is 7.56. The van der Waals surface area contributed by atoms with Gasteiger partial charge in [0.15, 0.2) is 12.6 Å². The van der Waals surface area contributed by atoms with Gasteiger partial charge in [0, 0.05) is 5.56 Å². The molecule has 0 radical (unpaired) electrons.